The minimum Gasteiger partial charge on any atom is -0.349 e. The van der Waals surface area contributed by atoms with Crippen LogP contribution in [0.15, 0.2) is 36.9 Å². The Morgan fingerprint density at radius 3 is 2.80 bits per heavy atom. The van der Waals surface area contributed by atoms with Gasteiger partial charge in [-0.05, 0) is 37.8 Å². The Morgan fingerprint density at radius 1 is 1.20 bits per heavy atom. The van der Waals surface area contributed by atoms with Crippen LogP contribution < -0.4 is 5.32 Å². The van der Waals surface area contributed by atoms with Crippen molar-refractivity contribution in [2.24, 2.45) is 0 Å². The number of para-hydroxylation sites is 1. The van der Waals surface area contributed by atoms with Crippen LogP contribution in [0, 0.1) is 6.92 Å². The van der Waals surface area contributed by atoms with E-state index < -0.39 is 0 Å². The molecule has 0 atom stereocenters. The minimum atomic E-state index is -0.112. The minimum absolute atomic E-state index is 0.112. The maximum atomic E-state index is 12.6. The maximum Gasteiger partial charge on any atom is 0.272 e. The molecule has 4 rings (SSSR count). The Balaban J connectivity index is 1.57. The van der Waals surface area contributed by atoms with Crippen LogP contribution >= 0.6 is 0 Å². The summed E-state index contributed by atoms with van der Waals surface area (Å²) in [5, 5.41) is 15.1. The van der Waals surface area contributed by atoms with Gasteiger partial charge in [-0.25, -0.2) is 4.68 Å². The number of fused-ring (bicyclic) bond motifs is 1. The lowest BCUT2D eigenvalue weighted by Crippen LogP contribution is -2.28. The van der Waals surface area contributed by atoms with E-state index in [-0.39, 0.29) is 5.91 Å². The Morgan fingerprint density at radius 2 is 2.00 bits per heavy atom. The predicted octanol–water partition coefficient (Wildman–Crippen LogP) is 1.69. The second-order valence-electron chi connectivity index (χ2n) is 6.28. The van der Waals surface area contributed by atoms with Crippen molar-refractivity contribution in [3.05, 3.63) is 59.4 Å². The van der Waals surface area contributed by atoms with Gasteiger partial charge in [0.1, 0.15) is 12.7 Å². The summed E-state index contributed by atoms with van der Waals surface area (Å²) < 4.78 is 3.78. The summed E-state index contributed by atoms with van der Waals surface area (Å²) in [4.78, 5) is 12.6. The van der Waals surface area contributed by atoms with E-state index in [0.717, 1.165) is 36.1 Å². The summed E-state index contributed by atoms with van der Waals surface area (Å²) in [6.07, 6.45) is 6.22. The molecule has 0 spiro atoms. The molecule has 1 N–H and O–H groups in total. The first kappa shape index (κ1) is 15.6. The van der Waals surface area contributed by atoms with E-state index in [1.165, 1.54) is 5.69 Å². The molecule has 1 aromatic carbocycles. The number of amides is 1. The van der Waals surface area contributed by atoms with Gasteiger partial charge in [0.25, 0.3) is 5.91 Å². The molecule has 128 valence electrons. The zero-order valence-corrected chi connectivity index (χ0v) is 14.1. The second-order valence-corrected chi connectivity index (χ2v) is 6.28. The molecule has 1 aliphatic carbocycles. The van der Waals surface area contributed by atoms with Crippen LogP contribution in [0.2, 0.25) is 0 Å². The Kier molecular flexibility index (Phi) is 4.05. The third-order valence-corrected chi connectivity index (χ3v) is 4.61. The highest BCUT2D eigenvalue weighted by Gasteiger charge is 2.27. The van der Waals surface area contributed by atoms with E-state index in [1.54, 1.807) is 12.7 Å². The highest BCUT2D eigenvalue weighted by Crippen LogP contribution is 2.28. The number of carbonyl (C=O) groups is 1. The first-order valence-electron chi connectivity index (χ1n) is 8.51. The molecule has 2 aromatic heterocycles. The van der Waals surface area contributed by atoms with Crippen LogP contribution in [0.25, 0.3) is 5.69 Å². The average Bonchev–Trinajstić information content (AvgIpc) is 3.33. The number of carbonyl (C=O) groups excluding carboxylic acids is 1. The molecule has 7 heteroatoms. The molecule has 0 fully saturated rings. The van der Waals surface area contributed by atoms with Crippen LogP contribution in [0.5, 0.6) is 0 Å². The van der Waals surface area contributed by atoms with Gasteiger partial charge in [-0.2, -0.15) is 5.10 Å². The molecule has 25 heavy (non-hydrogen) atoms. The molecule has 0 bridgehead atoms. The van der Waals surface area contributed by atoms with Crippen LogP contribution in [-0.4, -0.2) is 37.0 Å². The molecule has 7 nitrogen and oxygen atoms in total. The normalized spacial score (nSPS) is 13.0. The van der Waals surface area contributed by atoms with Crippen molar-refractivity contribution >= 4 is 5.91 Å². The molecule has 0 radical (unpaired) electrons. The Bertz CT molecular complexity index is 896. The van der Waals surface area contributed by atoms with Gasteiger partial charge in [-0.1, -0.05) is 18.2 Å². The molecule has 1 amide bonds. The number of benzene rings is 1. The smallest absolute Gasteiger partial charge is 0.272 e. The summed E-state index contributed by atoms with van der Waals surface area (Å²) in [5.74, 6) is -0.112. The van der Waals surface area contributed by atoms with Crippen molar-refractivity contribution in [2.45, 2.75) is 32.7 Å². The monoisotopic (exact) mass is 336 g/mol. The topological polar surface area (TPSA) is 77.6 Å². The highest BCUT2D eigenvalue weighted by atomic mass is 16.2. The lowest BCUT2D eigenvalue weighted by molar-refractivity contribution is 0.0946. The summed E-state index contributed by atoms with van der Waals surface area (Å²) in [5.41, 5.74) is 5.01. The van der Waals surface area contributed by atoms with Gasteiger partial charge < -0.3 is 9.88 Å². The van der Waals surface area contributed by atoms with Crippen molar-refractivity contribution in [3.8, 4) is 5.69 Å². The first-order chi connectivity index (χ1) is 12.2. The molecule has 0 aliphatic heterocycles. The number of hydrogen-bond donors (Lipinski definition) is 1. The SMILES string of the molecule is Cc1ccccc1-n1nc(C(=O)NCCn2cnnc2)c2c1CCC2. The summed E-state index contributed by atoms with van der Waals surface area (Å²) >= 11 is 0. The first-order valence-corrected chi connectivity index (χ1v) is 8.51. The van der Waals surface area contributed by atoms with Gasteiger partial charge >= 0.3 is 0 Å². The Labute approximate surface area is 145 Å². The van der Waals surface area contributed by atoms with Crippen molar-refractivity contribution in [1.82, 2.24) is 29.9 Å². The fraction of sp³-hybridized carbons (Fsp3) is 0.333. The summed E-state index contributed by atoms with van der Waals surface area (Å²) in [6.45, 7) is 3.22. The molecule has 3 aromatic rings. The number of nitrogens with zero attached hydrogens (tertiary/aromatic N) is 5. The molecular weight excluding hydrogens is 316 g/mol. The van der Waals surface area contributed by atoms with Gasteiger partial charge in [-0.15, -0.1) is 10.2 Å². The standard InChI is InChI=1S/C18H20N6O/c1-13-5-2-3-7-15(13)24-16-8-4-6-14(16)17(22-24)18(25)19-9-10-23-11-20-21-12-23/h2-3,5,7,11-12H,4,6,8-10H2,1H3,(H,19,25). The third kappa shape index (κ3) is 2.93. The van der Waals surface area contributed by atoms with Gasteiger partial charge in [0.15, 0.2) is 5.69 Å². The largest absolute Gasteiger partial charge is 0.349 e. The van der Waals surface area contributed by atoms with Crippen LogP contribution in [-0.2, 0) is 19.4 Å². The van der Waals surface area contributed by atoms with Gasteiger partial charge in [0.05, 0.1) is 5.69 Å². The van der Waals surface area contributed by atoms with Gasteiger partial charge in [-0.3, -0.25) is 4.79 Å². The number of hydrogen-bond acceptors (Lipinski definition) is 4. The third-order valence-electron chi connectivity index (χ3n) is 4.61. The van der Waals surface area contributed by atoms with Crippen LogP contribution in [0.1, 0.15) is 33.7 Å². The van der Waals surface area contributed by atoms with Crippen LogP contribution in [0.4, 0.5) is 0 Å². The summed E-state index contributed by atoms with van der Waals surface area (Å²) in [6, 6.07) is 8.14. The number of rotatable bonds is 5. The van der Waals surface area contributed by atoms with Crippen LogP contribution in [0.3, 0.4) is 0 Å². The summed E-state index contributed by atoms with van der Waals surface area (Å²) in [7, 11) is 0. The molecular formula is C18H20N6O. The highest BCUT2D eigenvalue weighted by molar-refractivity contribution is 5.94. The fourth-order valence-corrected chi connectivity index (χ4v) is 3.34. The lowest BCUT2D eigenvalue weighted by Gasteiger charge is -2.08. The molecule has 1 aliphatic rings. The molecule has 0 saturated carbocycles. The molecule has 0 saturated heterocycles. The van der Waals surface area contributed by atoms with Gasteiger partial charge in [0.2, 0.25) is 0 Å². The van der Waals surface area contributed by atoms with E-state index in [4.69, 9.17) is 0 Å². The fourth-order valence-electron chi connectivity index (χ4n) is 3.34. The number of aromatic nitrogens is 5. The van der Waals surface area contributed by atoms with E-state index in [2.05, 4.69) is 39.7 Å². The zero-order chi connectivity index (χ0) is 17.2. The van der Waals surface area contributed by atoms with Crippen molar-refractivity contribution < 1.29 is 4.79 Å². The Hall–Kier alpha value is -2.96. The van der Waals surface area contributed by atoms with Crippen molar-refractivity contribution in [3.63, 3.8) is 0 Å². The lowest BCUT2D eigenvalue weighted by atomic mass is 10.2. The maximum absolute atomic E-state index is 12.6. The average molecular weight is 336 g/mol. The molecule has 2 heterocycles. The number of nitrogens with one attached hydrogen (secondary N) is 1. The second kappa shape index (κ2) is 6.51. The quantitative estimate of drug-likeness (QED) is 0.769. The molecule has 0 unspecified atom stereocenters. The van der Waals surface area contributed by atoms with Gasteiger partial charge in [0, 0.05) is 24.3 Å². The predicted molar refractivity (Wildman–Crippen MR) is 92.7 cm³/mol. The zero-order valence-electron chi connectivity index (χ0n) is 14.1. The van der Waals surface area contributed by atoms with E-state index in [1.807, 2.05) is 21.4 Å². The van der Waals surface area contributed by atoms with Crippen molar-refractivity contribution in [2.75, 3.05) is 6.54 Å². The van der Waals surface area contributed by atoms with E-state index in [9.17, 15) is 4.79 Å². The van der Waals surface area contributed by atoms with E-state index in [0.29, 0.717) is 18.8 Å². The van der Waals surface area contributed by atoms with Crippen molar-refractivity contribution in [1.29, 1.82) is 0 Å². The number of aryl methyl sites for hydroxylation is 1. The van der Waals surface area contributed by atoms with E-state index >= 15 is 0 Å².